The van der Waals surface area contributed by atoms with Crippen LogP contribution in [0.1, 0.15) is 0 Å². The summed E-state index contributed by atoms with van der Waals surface area (Å²) in [6, 6.07) is 0. The number of halogens is 2. The van der Waals surface area contributed by atoms with Gasteiger partial charge in [0.25, 0.3) is 0 Å². The molecule has 0 amide bonds. The van der Waals surface area contributed by atoms with Gasteiger partial charge in [-0.2, -0.15) is 0 Å². The number of hydrogen-bond acceptors (Lipinski definition) is 2. The first kappa shape index (κ1) is 9.17. The highest BCUT2D eigenvalue weighted by molar-refractivity contribution is 7.47. The molecule has 2 nitrogen and oxygen atoms in total. The molecule has 0 bridgehead atoms. The van der Waals surface area contributed by atoms with Gasteiger partial charge in [-0.05, 0) is 0 Å². The molecule has 10 heavy (non-hydrogen) atoms. The van der Waals surface area contributed by atoms with Crippen molar-refractivity contribution in [1.82, 2.24) is 0 Å². The Morgan fingerprint density at radius 3 is 1.90 bits per heavy atom. The summed E-state index contributed by atoms with van der Waals surface area (Å²) in [6.07, 6.45) is 7.72. The van der Waals surface area contributed by atoms with E-state index in [1.807, 2.05) is 0 Å². The third-order valence-corrected chi connectivity index (χ3v) is 0.987. The Morgan fingerprint density at radius 2 is 1.80 bits per heavy atom. The Hall–Kier alpha value is -0.830. The molecule has 0 fully saturated rings. The monoisotopic (exact) mass is 164 g/mol. The quantitative estimate of drug-likeness (QED) is 0.458. The summed E-state index contributed by atoms with van der Waals surface area (Å²) in [4.78, 5) is 0. The molecule has 0 radical (unpaired) electrons. The molecule has 54 valence electrons. The third-order valence-electron chi connectivity index (χ3n) is 0.531. The van der Waals surface area contributed by atoms with E-state index in [-0.39, 0.29) is 0 Å². The largest absolute Gasteiger partial charge is 0.554 e. The van der Waals surface area contributed by atoms with Crippen LogP contribution in [0.15, 0.2) is 0 Å². The highest BCUT2D eigenvalue weighted by atomic mass is 31.2. The Morgan fingerprint density at radius 1 is 1.40 bits per heavy atom. The molecule has 0 atom stereocenters. The molecule has 5 heteroatoms. The van der Waals surface area contributed by atoms with Gasteiger partial charge in [0.1, 0.15) is 0 Å². The maximum absolute atomic E-state index is 11.5. The molecule has 0 aromatic rings. The summed E-state index contributed by atoms with van der Waals surface area (Å²) in [7, 11) is -5.54. The van der Waals surface area contributed by atoms with E-state index in [2.05, 4.69) is 17.4 Å². The summed E-state index contributed by atoms with van der Waals surface area (Å²) in [5.41, 5.74) is 0. The highest BCUT2D eigenvalue weighted by Crippen LogP contribution is 2.51. The van der Waals surface area contributed by atoms with Crippen molar-refractivity contribution in [2.75, 3.05) is 0 Å². The van der Waals surface area contributed by atoms with Gasteiger partial charge in [0.2, 0.25) is 0 Å². The van der Waals surface area contributed by atoms with Crippen LogP contribution < -0.4 is 0 Å². The van der Waals surface area contributed by atoms with Crippen molar-refractivity contribution in [1.29, 1.82) is 0 Å². The van der Waals surface area contributed by atoms with E-state index in [4.69, 9.17) is 0 Å². The van der Waals surface area contributed by atoms with Crippen LogP contribution in [0.4, 0.5) is 8.39 Å². The second-order valence-electron chi connectivity index (χ2n) is 1.23. The minimum atomic E-state index is -5.54. The van der Waals surface area contributed by atoms with Crippen molar-refractivity contribution in [3.05, 3.63) is 0 Å². The van der Waals surface area contributed by atoms with Crippen LogP contribution in [0, 0.1) is 24.7 Å². The first-order chi connectivity index (χ1) is 4.49. The van der Waals surface area contributed by atoms with Gasteiger partial charge in [0.15, 0.2) is 6.10 Å². The number of terminal acetylenes is 2. The zero-order valence-corrected chi connectivity index (χ0v) is 5.65. The van der Waals surface area contributed by atoms with Crippen LogP contribution in [0.2, 0.25) is 0 Å². The van der Waals surface area contributed by atoms with Crippen LogP contribution in [0.25, 0.3) is 0 Å². The molecule has 0 aliphatic carbocycles. The van der Waals surface area contributed by atoms with Crippen molar-refractivity contribution in [3.63, 3.8) is 0 Å². The van der Waals surface area contributed by atoms with Gasteiger partial charge >= 0.3 is 7.99 Å². The van der Waals surface area contributed by atoms with Crippen molar-refractivity contribution >= 4 is 7.99 Å². The Labute approximate surface area is 57.3 Å². The fraction of sp³-hybridized carbons (Fsp3) is 0.200. The second-order valence-corrected chi connectivity index (χ2v) is 2.27. The van der Waals surface area contributed by atoms with Crippen molar-refractivity contribution in [2.45, 2.75) is 6.10 Å². The van der Waals surface area contributed by atoms with Gasteiger partial charge in [-0.1, -0.05) is 11.8 Å². The minimum absolute atomic E-state index is 1.51. The SMILES string of the molecule is C#CC(C#C)OP(=O)(F)F. The molecule has 0 rings (SSSR count). The van der Waals surface area contributed by atoms with E-state index in [9.17, 15) is 13.0 Å². The van der Waals surface area contributed by atoms with E-state index >= 15 is 0 Å². The van der Waals surface area contributed by atoms with Crippen LogP contribution in [-0.4, -0.2) is 6.10 Å². The van der Waals surface area contributed by atoms with Gasteiger partial charge in [-0.3, -0.25) is 4.52 Å². The zero-order valence-electron chi connectivity index (χ0n) is 4.75. The predicted molar refractivity (Wildman–Crippen MR) is 32.4 cm³/mol. The van der Waals surface area contributed by atoms with Gasteiger partial charge < -0.3 is 0 Å². The van der Waals surface area contributed by atoms with Crippen LogP contribution in [0.5, 0.6) is 0 Å². The van der Waals surface area contributed by atoms with Gasteiger partial charge in [0.05, 0.1) is 0 Å². The van der Waals surface area contributed by atoms with Crippen molar-refractivity contribution in [3.8, 4) is 24.7 Å². The second kappa shape index (κ2) is 3.37. The maximum Gasteiger partial charge on any atom is 0.554 e. The smallest absolute Gasteiger partial charge is 0.251 e. The lowest BCUT2D eigenvalue weighted by molar-refractivity contribution is 0.252. The topological polar surface area (TPSA) is 26.3 Å². The van der Waals surface area contributed by atoms with Gasteiger partial charge in [-0.15, -0.1) is 21.2 Å². The third kappa shape index (κ3) is 4.09. The summed E-state index contributed by atoms with van der Waals surface area (Å²) in [5.74, 6) is 3.40. The van der Waals surface area contributed by atoms with E-state index in [1.165, 1.54) is 0 Å². The molecule has 0 aliphatic heterocycles. The first-order valence-corrected chi connectivity index (χ1v) is 3.50. The molecule has 0 heterocycles. The molecule has 0 spiro atoms. The molecule has 0 unspecified atom stereocenters. The van der Waals surface area contributed by atoms with E-state index in [0.29, 0.717) is 0 Å². The predicted octanol–water partition coefficient (Wildman–Crippen LogP) is 1.69. The molecular weight excluding hydrogens is 161 g/mol. The van der Waals surface area contributed by atoms with E-state index < -0.39 is 14.1 Å². The molecule has 0 saturated heterocycles. The molecule has 0 N–H and O–H groups in total. The maximum atomic E-state index is 11.5. The van der Waals surface area contributed by atoms with Crippen molar-refractivity contribution in [2.24, 2.45) is 0 Å². The summed E-state index contributed by atoms with van der Waals surface area (Å²) in [6.45, 7) is 0. The fourth-order valence-corrected chi connectivity index (χ4v) is 0.599. The molecular formula is C5H3F2O2P. The lowest BCUT2D eigenvalue weighted by Gasteiger charge is -2.01. The Bertz CT molecular complexity index is 217. The lowest BCUT2D eigenvalue weighted by atomic mass is 10.4. The normalized spacial score (nSPS) is 10.5. The minimum Gasteiger partial charge on any atom is -0.251 e. The lowest BCUT2D eigenvalue weighted by Crippen LogP contribution is -2.01. The first-order valence-electron chi connectivity index (χ1n) is 2.09. The highest BCUT2D eigenvalue weighted by Gasteiger charge is 2.24. The van der Waals surface area contributed by atoms with Gasteiger partial charge in [-0.25, -0.2) is 4.57 Å². The fourth-order valence-electron chi connectivity index (χ4n) is 0.232. The summed E-state index contributed by atoms with van der Waals surface area (Å²) in [5, 5.41) is 0. The van der Waals surface area contributed by atoms with Gasteiger partial charge in [0, 0.05) is 0 Å². The summed E-state index contributed by atoms with van der Waals surface area (Å²) >= 11 is 0. The van der Waals surface area contributed by atoms with E-state index in [0.717, 1.165) is 0 Å². The Kier molecular flexibility index (Phi) is 3.09. The molecule has 0 aromatic carbocycles. The van der Waals surface area contributed by atoms with Crippen molar-refractivity contribution < 1.29 is 17.5 Å². The van der Waals surface area contributed by atoms with E-state index in [1.54, 1.807) is 11.8 Å². The Balaban J connectivity index is 4.07. The number of rotatable bonds is 2. The van der Waals surface area contributed by atoms with Crippen LogP contribution in [-0.2, 0) is 9.09 Å². The molecule has 0 aromatic heterocycles. The average molecular weight is 164 g/mol. The van der Waals surface area contributed by atoms with Crippen LogP contribution in [0.3, 0.4) is 0 Å². The number of hydrogen-bond donors (Lipinski definition) is 0. The summed E-state index contributed by atoms with van der Waals surface area (Å²) < 4.78 is 36.1. The molecule has 0 saturated carbocycles. The molecule has 0 aliphatic rings. The van der Waals surface area contributed by atoms with Crippen LogP contribution >= 0.6 is 7.99 Å². The zero-order chi connectivity index (χ0) is 8.20. The average Bonchev–Trinajstić information content (AvgIpc) is 1.81. The standard InChI is InChI=1S/C5H3F2O2P/c1-3-5(4-2)9-10(6,7)8/h1-2,5H.